The molecule has 1 atom stereocenters. The largest absolute Gasteiger partial charge is 0.447 e. The molecule has 2 fully saturated rings. The molecule has 0 N–H and O–H groups in total. The highest BCUT2D eigenvalue weighted by Crippen LogP contribution is 2.32. The number of rotatable bonds is 3. The van der Waals surface area contributed by atoms with Crippen LogP contribution in [0.1, 0.15) is 16.2 Å². The van der Waals surface area contributed by atoms with Crippen molar-refractivity contribution in [2.75, 3.05) is 26.2 Å². The maximum Gasteiger partial charge on any atom is 0.410 e. The molecule has 3 heterocycles. The molecule has 2 aromatic rings. The van der Waals surface area contributed by atoms with Gasteiger partial charge in [0.2, 0.25) is 11.1 Å². The molecule has 0 aliphatic carbocycles. The second-order valence-electron chi connectivity index (χ2n) is 6.65. The summed E-state index contributed by atoms with van der Waals surface area (Å²) in [5.74, 6) is -0.231. The Labute approximate surface area is 155 Å². The van der Waals surface area contributed by atoms with Crippen LogP contribution in [0.15, 0.2) is 30.3 Å². The van der Waals surface area contributed by atoms with Gasteiger partial charge in [-0.3, -0.25) is 9.69 Å². The molecular weight excluding hydrogens is 358 g/mol. The lowest BCUT2D eigenvalue weighted by Gasteiger charge is -2.44. The SMILES string of the molecule is Cn1nc(C(=O)N2CCN3C(=O)OCC3(Cc3ccccc3)C2)nc1Cl. The molecule has 1 aromatic carbocycles. The lowest BCUT2D eigenvalue weighted by molar-refractivity contribution is 0.0366. The average Bonchev–Trinajstić information content (AvgIpc) is 3.15. The van der Waals surface area contributed by atoms with Gasteiger partial charge in [0.15, 0.2) is 0 Å². The Bertz CT molecular complexity index is 836. The van der Waals surface area contributed by atoms with Gasteiger partial charge >= 0.3 is 6.09 Å². The fourth-order valence-corrected chi connectivity index (χ4v) is 3.73. The fourth-order valence-electron chi connectivity index (χ4n) is 3.61. The number of hydrogen-bond donors (Lipinski definition) is 0. The number of carbonyl (C=O) groups is 2. The van der Waals surface area contributed by atoms with Crippen LogP contribution in [-0.4, -0.2) is 68.3 Å². The third kappa shape index (κ3) is 2.80. The Kier molecular flexibility index (Phi) is 4.07. The van der Waals surface area contributed by atoms with Crippen LogP contribution in [0.5, 0.6) is 0 Å². The second kappa shape index (κ2) is 6.28. The van der Waals surface area contributed by atoms with Gasteiger partial charge in [-0.2, -0.15) is 4.98 Å². The summed E-state index contributed by atoms with van der Waals surface area (Å²) >= 11 is 5.90. The Morgan fingerprint density at radius 2 is 2.08 bits per heavy atom. The molecule has 0 bridgehead atoms. The molecule has 2 saturated heterocycles. The van der Waals surface area contributed by atoms with Crippen LogP contribution in [0.25, 0.3) is 0 Å². The standard InChI is InChI=1S/C17H18ClN5O3/c1-21-15(18)19-13(20-21)14(24)22-7-8-23-16(25)26-11-17(23,10-22)9-12-5-3-2-4-6-12/h2-6H,7-11H2,1H3. The Morgan fingerprint density at radius 3 is 2.77 bits per heavy atom. The van der Waals surface area contributed by atoms with E-state index < -0.39 is 5.54 Å². The number of halogens is 1. The normalized spacial score (nSPS) is 22.3. The first-order valence-corrected chi connectivity index (χ1v) is 8.70. The van der Waals surface area contributed by atoms with E-state index in [2.05, 4.69) is 10.1 Å². The number of carbonyl (C=O) groups excluding carboxylic acids is 2. The van der Waals surface area contributed by atoms with Crippen molar-refractivity contribution >= 4 is 23.6 Å². The summed E-state index contributed by atoms with van der Waals surface area (Å²) in [4.78, 5) is 32.4. The van der Waals surface area contributed by atoms with E-state index in [0.29, 0.717) is 26.1 Å². The first kappa shape index (κ1) is 16.8. The van der Waals surface area contributed by atoms with Crippen LogP contribution in [0.4, 0.5) is 4.79 Å². The molecule has 0 spiro atoms. The van der Waals surface area contributed by atoms with Crippen LogP contribution in [0, 0.1) is 0 Å². The minimum absolute atomic E-state index is 0.0612. The van der Waals surface area contributed by atoms with E-state index >= 15 is 0 Å². The van der Waals surface area contributed by atoms with Crippen molar-refractivity contribution < 1.29 is 14.3 Å². The van der Waals surface area contributed by atoms with E-state index in [1.807, 2.05) is 30.3 Å². The zero-order chi connectivity index (χ0) is 18.3. The van der Waals surface area contributed by atoms with Gasteiger partial charge in [-0.1, -0.05) is 30.3 Å². The molecule has 0 saturated carbocycles. The van der Waals surface area contributed by atoms with Gasteiger partial charge in [0.1, 0.15) is 12.1 Å². The summed E-state index contributed by atoms with van der Waals surface area (Å²) in [7, 11) is 1.63. The second-order valence-corrected chi connectivity index (χ2v) is 6.99. The molecule has 0 radical (unpaired) electrons. The van der Waals surface area contributed by atoms with Crippen molar-refractivity contribution in [3.8, 4) is 0 Å². The predicted molar refractivity (Wildman–Crippen MR) is 92.8 cm³/mol. The van der Waals surface area contributed by atoms with E-state index in [1.54, 1.807) is 16.8 Å². The first-order valence-electron chi connectivity index (χ1n) is 8.33. The number of aromatic nitrogens is 3. The average molecular weight is 376 g/mol. The summed E-state index contributed by atoms with van der Waals surface area (Å²) in [6, 6.07) is 9.88. The molecule has 9 heteroatoms. The van der Waals surface area contributed by atoms with Crippen LogP contribution in [0.2, 0.25) is 5.28 Å². The third-order valence-electron chi connectivity index (χ3n) is 4.90. The number of benzene rings is 1. The van der Waals surface area contributed by atoms with Crippen molar-refractivity contribution in [3.05, 3.63) is 47.0 Å². The first-order chi connectivity index (χ1) is 12.5. The van der Waals surface area contributed by atoms with Gasteiger partial charge in [-0.05, 0) is 17.2 Å². The Morgan fingerprint density at radius 1 is 1.31 bits per heavy atom. The lowest BCUT2D eigenvalue weighted by Crippen LogP contribution is -2.63. The van der Waals surface area contributed by atoms with Gasteiger partial charge in [-0.25, -0.2) is 9.48 Å². The number of hydrogen-bond acceptors (Lipinski definition) is 5. The molecule has 1 unspecified atom stereocenters. The molecule has 136 valence electrons. The molecule has 1 aromatic heterocycles. The maximum atomic E-state index is 12.8. The highest BCUT2D eigenvalue weighted by atomic mass is 35.5. The highest BCUT2D eigenvalue weighted by molar-refractivity contribution is 6.28. The smallest absolute Gasteiger partial charge is 0.410 e. The van der Waals surface area contributed by atoms with E-state index in [9.17, 15) is 9.59 Å². The molecule has 26 heavy (non-hydrogen) atoms. The van der Waals surface area contributed by atoms with Gasteiger partial charge in [0.25, 0.3) is 5.91 Å². The van der Waals surface area contributed by atoms with Crippen molar-refractivity contribution in [1.82, 2.24) is 24.6 Å². The summed E-state index contributed by atoms with van der Waals surface area (Å²) in [6.45, 7) is 1.43. The molecule has 2 aliphatic rings. The number of nitrogens with zero attached hydrogens (tertiary/aromatic N) is 5. The predicted octanol–water partition coefficient (Wildman–Crippen LogP) is 1.36. The number of piperazine rings is 1. The van der Waals surface area contributed by atoms with E-state index in [0.717, 1.165) is 5.56 Å². The molecule has 2 amide bonds. The number of aryl methyl sites for hydroxylation is 1. The van der Waals surface area contributed by atoms with Crippen molar-refractivity contribution in [2.24, 2.45) is 7.05 Å². The highest BCUT2D eigenvalue weighted by Gasteiger charge is 2.51. The van der Waals surface area contributed by atoms with E-state index in [4.69, 9.17) is 16.3 Å². The summed E-state index contributed by atoms with van der Waals surface area (Å²) in [5, 5.41) is 4.22. The minimum Gasteiger partial charge on any atom is -0.447 e. The van der Waals surface area contributed by atoms with Crippen molar-refractivity contribution in [2.45, 2.75) is 12.0 Å². The zero-order valence-electron chi connectivity index (χ0n) is 14.3. The molecular formula is C17H18ClN5O3. The number of fused-ring (bicyclic) bond motifs is 1. The van der Waals surface area contributed by atoms with Crippen LogP contribution >= 0.6 is 11.6 Å². The Hall–Kier alpha value is -2.61. The van der Waals surface area contributed by atoms with Crippen LogP contribution in [-0.2, 0) is 18.2 Å². The lowest BCUT2D eigenvalue weighted by atomic mass is 9.88. The number of ether oxygens (including phenoxy) is 1. The Balaban J connectivity index is 1.60. The van der Waals surface area contributed by atoms with Gasteiger partial charge in [0.05, 0.1) is 0 Å². The van der Waals surface area contributed by atoms with E-state index in [-0.39, 0.29) is 29.7 Å². The van der Waals surface area contributed by atoms with Gasteiger partial charge in [0, 0.05) is 33.1 Å². The van der Waals surface area contributed by atoms with Crippen LogP contribution in [0.3, 0.4) is 0 Å². The van der Waals surface area contributed by atoms with Gasteiger partial charge < -0.3 is 9.64 Å². The maximum absolute atomic E-state index is 12.8. The number of cyclic esters (lactones) is 1. The van der Waals surface area contributed by atoms with Crippen molar-refractivity contribution in [3.63, 3.8) is 0 Å². The summed E-state index contributed by atoms with van der Waals surface area (Å²) in [5.41, 5.74) is 0.509. The molecule has 2 aliphatic heterocycles. The zero-order valence-corrected chi connectivity index (χ0v) is 15.0. The third-order valence-corrected chi connectivity index (χ3v) is 5.23. The monoisotopic (exact) mass is 375 g/mol. The number of amides is 2. The fraction of sp³-hybridized carbons (Fsp3) is 0.412. The van der Waals surface area contributed by atoms with Crippen LogP contribution < -0.4 is 0 Å². The van der Waals surface area contributed by atoms with E-state index in [1.165, 1.54) is 4.68 Å². The molecule has 8 nitrogen and oxygen atoms in total. The molecule has 4 rings (SSSR count). The topological polar surface area (TPSA) is 80.6 Å². The van der Waals surface area contributed by atoms with Crippen molar-refractivity contribution in [1.29, 1.82) is 0 Å². The quantitative estimate of drug-likeness (QED) is 0.809. The summed E-state index contributed by atoms with van der Waals surface area (Å²) in [6.07, 6.45) is 0.284. The van der Waals surface area contributed by atoms with Gasteiger partial charge in [-0.15, -0.1) is 5.10 Å². The minimum atomic E-state index is -0.578. The summed E-state index contributed by atoms with van der Waals surface area (Å²) < 4.78 is 6.68.